The summed E-state index contributed by atoms with van der Waals surface area (Å²) in [6, 6.07) is 12.6. The zero-order valence-corrected chi connectivity index (χ0v) is 16.3. The summed E-state index contributed by atoms with van der Waals surface area (Å²) >= 11 is 6.09. The number of ether oxygens (including phenoxy) is 1. The van der Waals surface area contributed by atoms with Gasteiger partial charge in [0.1, 0.15) is 5.75 Å². The maximum absolute atomic E-state index is 12.6. The van der Waals surface area contributed by atoms with Crippen LogP contribution in [-0.4, -0.2) is 17.6 Å². The highest BCUT2D eigenvalue weighted by molar-refractivity contribution is 6.31. The highest BCUT2D eigenvalue weighted by Crippen LogP contribution is 2.27. The quantitative estimate of drug-likeness (QED) is 0.713. The van der Waals surface area contributed by atoms with Gasteiger partial charge in [0, 0.05) is 35.1 Å². The number of aromatic nitrogens is 1. The van der Waals surface area contributed by atoms with Crippen LogP contribution in [0.4, 0.5) is 5.69 Å². The van der Waals surface area contributed by atoms with E-state index in [4.69, 9.17) is 16.3 Å². The largest absolute Gasteiger partial charge is 0.495 e. The summed E-state index contributed by atoms with van der Waals surface area (Å²) in [5.41, 5.74) is 2.91. The molecule has 0 aliphatic carbocycles. The summed E-state index contributed by atoms with van der Waals surface area (Å²) < 4.78 is 7.02. The number of carbonyl (C=O) groups excluding carboxylic acids is 1. The summed E-state index contributed by atoms with van der Waals surface area (Å²) in [5.74, 6) is 0.426. The van der Waals surface area contributed by atoms with Gasteiger partial charge in [0.25, 0.3) is 5.56 Å². The van der Waals surface area contributed by atoms with Crippen molar-refractivity contribution in [3.63, 3.8) is 0 Å². The predicted octanol–water partition coefficient (Wildman–Crippen LogP) is 4.31. The maximum atomic E-state index is 12.6. The summed E-state index contributed by atoms with van der Waals surface area (Å²) in [4.78, 5) is 25.0. The van der Waals surface area contributed by atoms with Gasteiger partial charge in [-0.2, -0.15) is 0 Å². The fraction of sp³-hybridized carbons (Fsp3) is 0.238. The van der Waals surface area contributed by atoms with Gasteiger partial charge in [-0.3, -0.25) is 9.59 Å². The van der Waals surface area contributed by atoms with Crippen LogP contribution in [0.15, 0.2) is 47.3 Å². The lowest BCUT2D eigenvalue weighted by molar-refractivity contribution is -0.116. The molecule has 1 aromatic heterocycles. The lowest BCUT2D eigenvalue weighted by Gasteiger charge is -2.15. The first-order valence-corrected chi connectivity index (χ1v) is 9.02. The standard InChI is InChI=1S/C21H21ClN2O3/c1-13-12-20(26)24(21-15(13)6-4-9-18(21)27-3)11-10-19(25)23-17-8-5-7-16(22)14(17)2/h4-9,12H,10-11H2,1-3H3,(H,23,25). The number of nitrogens with one attached hydrogen (secondary N) is 1. The highest BCUT2D eigenvalue weighted by Gasteiger charge is 2.13. The van der Waals surface area contributed by atoms with Crippen molar-refractivity contribution in [1.82, 2.24) is 4.57 Å². The number of hydrogen-bond acceptors (Lipinski definition) is 3. The van der Waals surface area contributed by atoms with Crippen LogP contribution in [0.2, 0.25) is 5.02 Å². The Labute approximate surface area is 162 Å². The molecule has 2 aromatic carbocycles. The molecule has 0 spiro atoms. The predicted molar refractivity (Wildman–Crippen MR) is 109 cm³/mol. The Bertz CT molecular complexity index is 1070. The zero-order valence-electron chi connectivity index (χ0n) is 15.5. The minimum atomic E-state index is -0.184. The van der Waals surface area contributed by atoms with Crippen LogP contribution in [0.25, 0.3) is 10.9 Å². The van der Waals surface area contributed by atoms with Crippen molar-refractivity contribution in [2.24, 2.45) is 0 Å². The van der Waals surface area contributed by atoms with Crippen LogP contribution < -0.4 is 15.6 Å². The van der Waals surface area contributed by atoms with E-state index in [9.17, 15) is 9.59 Å². The van der Waals surface area contributed by atoms with Crippen molar-refractivity contribution in [3.05, 3.63) is 69.0 Å². The van der Waals surface area contributed by atoms with Gasteiger partial charge in [-0.25, -0.2) is 0 Å². The van der Waals surface area contributed by atoms with Crippen molar-refractivity contribution in [1.29, 1.82) is 0 Å². The van der Waals surface area contributed by atoms with Crippen LogP contribution in [0, 0.1) is 13.8 Å². The number of anilines is 1. The second-order valence-corrected chi connectivity index (χ2v) is 6.79. The number of carbonyl (C=O) groups is 1. The number of methoxy groups -OCH3 is 1. The molecule has 1 N–H and O–H groups in total. The molecule has 0 aliphatic rings. The van der Waals surface area contributed by atoms with Gasteiger partial charge in [0.05, 0.1) is 12.6 Å². The molecule has 0 atom stereocenters. The van der Waals surface area contributed by atoms with Crippen molar-refractivity contribution < 1.29 is 9.53 Å². The first-order chi connectivity index (χ1) is 12.9. The van der Waals surface area contributed by atoms with Gasteiger partial charge >= 0.3 is 0 Å². The van der Waals surface area contributed by atoms with Gasteiger partial charge < -0.3 is 14.6 Å². The van der Waals surface area contributed by atoms with E-state index in [2.05, 4.69) is 5.32 Å². The average Bonchev–Trinajstić information content (AvgIpc) is 2.65. The minimum Gasteiger partial charge on any atom is -0.495 e. The first-order valence-electron chi connectivity index (χ1n) is 8.64. The van der Waals surface area contributed by atoms with Gasteiger partial charge in [-0.1, -0.05) is 29.8 Å². The SMILES string of the molecule is COc1cccc2c(C)cc(=O)n(CCC(=O)Nc3cccc(Cl)c3C)c12. The molecule has 3 aromatic rings. The molecule has 0 fully saturated rings. The molecule has 0 radical (unpaired) electrons. The molecule has 5 nitrogen and oxygen atoms in total. The van der Waals surface area contributed by atoms with Crippen molar-refractivity contribution in [3.8, 4) is 5.75 Å². The third kappa shape index (κ3) is 3.83. The van der Waals surface area contributed by atoms with Crippen molar-refractivity contribution >= 4 is 34.1 Å². The van der Waals surface area contributed by atoms with Crippen molar-refractivity contribution in [2.45, 2.75) is 26.8 Å². The molecule has 0 aliphatic heterocycles. The molecule has 0 saturated carbocycles. The van der Waals surface area contributed by atoms with Crippen LogP contribution >= 0.6 is 11.6 Å². The van der Waals surface area contributed by atoms with Gasteiger partial charge in [-0.15, -0.1) is 0 Å². The third-order valence-electron chi connectivity index (χ3n) is 4.62. The Hall–Kier alpha value is -2.79. The smallest absolute Gasteiger partial charge is 0.251 e. The number of halogens is 1. The number of pyridine rings is 1. The number of rotatable bonds is 5. The number of hydrogen-bond donors (Lipinski definition) is 1. The molecule has 0 saturated heterocycles. The molecule has 1 amide bonds. The number of amides is 1. The molecule has 6 heteroatoms. The normalized spacial score (nSPS) is 10.8. The highest BCUT2D eigenvalue weighted by atomic mass is 35.5. The maximum Gasteiger partial charge on any atom is 0.251 e. The van der Waals surface area contributed by atoms with E-state index in [0.29, 0.717) is 22.0 Å². The molecular formula is C21H21ClN2O3. The number of fused-ring (bicyclic) bond motifs is 1. The lowest BCUT2D eigenvalue weighted by Crippen LogP contribution is -2.24. The molecule has 140 valence electrons. The van der Waals surface area contributed by atoms with E-state index in [1.54, 1.807) is 35.9 Å². The van der Waals surface area contributed by atoms with Gasteiger partial charge in [0.2, 0.25) is 5.91 Å². The van der Waals surface area contributed by atoms with E-state index < -0.39 is 0 Å². The Balaban J connectivity index is 1.88. The topological polar surface area (TPSA) is 60.3 Å². The van der Waals surface area contributed by atoms with E-state index >= 15 is 0 Å². The van der Waals surface area contributed by atoms with E-state index in [1.165, 1.54) is 0 Å². The monoisotopic (exact) mass is 384 g/mol. The fourth-order valence-electron chi connectivity index (χ4n) is 3.13. The molecule has 27 heavy (non-hydrogen) atoms. The number of nitrogens with zero attached hydrogens (tertiary/aromatic N) is 1. The Kier molecular flexibility index (Phi) is 5.51. The van der Waals surface area contributed by atoms with Gasteiger partial charge in [0.15, 0.2) is 0 Å². The average molecular weight is 385 g/mol. The Morgan fingerprint density at radius 1 is 1.19 bits per heavy atom. The minimum absolute atomic E-state index is 0.155. The summed E-state index contributed by atoms with van der Waals surface area (Å²) in [6.45, 7) is 3.99. The Morgan fingerprint density at radius 3 is 2.67 bits per heavy atom. The van der Waals surface area contributed by atoms with Crippen LogP contribution in [0.1, 0.15) is 17.5 Å². The first kappa shape index (κ1) is 19.0. The van der Waals surface area contributed by atoms with E-state index in [-0.39, 0.29) is 24.4 Å². The van der Waals surface area contributed by atoms with E-state index in [1.807, 2.05) is 32.0 Å². The second-order valence-electron chi connectivity index (χ2n) is 6.38. The molecule has 1 heterocycles. The summed E-state index contributed by atoms with van der Waals surface area (Å²) in [7, 11) is 1.57. The van der Waals surface area contributed by atoms with Crippen molar-refractivity contribution in [2.75, 3.05) is 12.4 Å². The second kappa shape index (κ2) is 7.84. The molecule has 0 bridgehead atoms. The number of para-hydroxylation sites is 1. The number of aryl methyl sites for hydroxylation is 2. The summed E-state index contributed by atoms with van der Waals surface area (Å²) in [6.07, 6.45) is 0.155. The fourth-order valence-corrected chi connectivity index (χ4v) is 3.30. The van der Waals surface area contributed by atoms with Crippen LogP contribution in [0.3, 0.4) is 0 Å². The summed E-state index contributed by atoms with van der Waals surface area (Å²) in [5, 5.41) is 4.39. The zero-order chi connectivity index (χ0) is 19.6. The molecular weight excluding hydrogens is 364 g/mol. The number of benzene rings is 2. The third-order valence-corrected chi connectivity index (χ3v) is 5.03. The Morgan fingerprint density at radius 2 is 1.93 bits per heavy atom. The molecule has 0 unspecified atom stereocenters. The van der Waals surface area contributed by atoms with Crippen LogP contribution in [0.5, 0.6) is 5.75 Å². The van der Waals surface area contributed by atoms with Crippen LogP contribution in [-0.2, 0) is 11.3 Å². The van der Waals surface area contributed by atoms with Gasteiger partial charge in [-0.05, 0) is 43.2 Å². The lowest BCUT2D eigenvalue weighted by atomic mass is 10.1. The molecule has 3 rings (SSSR count). The van der Waals surface area contributed by atoms with E-state index in [0.717, 1.165) is 16.5 Å².